The first-order valence-electron chi connectivity index (χ1n) is 9.16. The number of hydrogen-bond donors (Lipinski definition) is 0. The lowest BCUT2D eigenvalue weighted by atomic mass is 10.1. The topological polar surface area (TPSA) is 65.1 Å². The normalized spacial score (nSPS) is 10.2. The van der Waals surface area contributed by atoms with Crippen LogP contribution in [0.5, 0.6) is 11.5 Å². The van der Waals surface area contributed by atoms with Crippen molar-refractivity contribution in [2.45, 2.75) is 25.8 Å². The maximum Gasteiger partial charge on any atom is 0.307 e. The molecule has 0 spiro atoms. The monoisotopic (exact) mass is 385 g/mol. The molecule has 2 aromatic carbocycles. The molecule has 0 N–H and O–H groups in total. The molecule has 2 rings (SSSR count). The van der Waals surface area contributed by atoms with Gasteiger partial charge in [0, 0.05) is 19.5 Å². The van der Waals surface area contributed by atoms with E-state index in [1.165, 1.54) is 7.11 Å². The number of carbonyl (C=O) groups excluding carboxylic acids is 2. The molecule has 150 valence electrons. The SMILES string of the molecule is COC(=O)CCN(Cc1ccccc1)C(=O)CCc1cc(OC)ccc1OC. The van der Waals surface area contributed by atoms with E-state index in [9.17, 15) is 9.59 Å². The third-order valence-corrected chi connectivity index (χ3v) is 4.48. The summed E-state index contributed by atoms with van der Waals surface area (Å²) in [5, 5.41) is 0. The van der Waals surface area contributed by atoms with Crippen molar-refractivity contribution in [1.29, 1.82) is 0 Å². The molecule has 2 aromatic rings. The number of benzene rings is 2. The molecule has 28 heavy (non-hydrogen) atoms. The van der Waals surface area contributed by atoms with Crippen LogP contribution in [-0.2, 0) is 27.3 Å². The van der Waals surface area contributed by atoms with E-state index in [1.54, 1.807) is 19.1 Å². The fraction of sp³-hybridized carbons (Fsp3) is 0.364. The molecule has 0 radical (unpaired) electrons. The zero-order chi connectivity index (χ0) is 20.4. The number of rotatable bonds is 10. The molecule has 0 aliphatic carbocycles. The van der Waals surface area contributed by atoms with E-state index < -0.39 is 0 Å². The number of hydrogen-bond acceptors (Lipinski definition) is 5. The minimum atomic E-state index is -0.333. The molecule has 0 fully saturated rings. The molecule has 0 aromatic heterocycles. The average molecular weight is 385 g/mol. The van der Waals surface area contributed by atoms with Gasteiger partial charge in [-0.3, -0.25) is 9.59 Å². The Balaban J connectivity index is 2.07. The lowest BCUT2D eigenvalue weighted by Crippen LogP contribution is -2.33. The van der Waals surface area contributed by atoms with Crippen LogP contribution < -0.4 is 9.47 Å². The maximum absolute atomic E-state index is 12.9. The van der Waals surface area contributed by atoms with Gasteiger partial charge in [-0.1, -0.05) is 30.3 Å². The van der Waals surface area contributed by atoms with Crippen LogP contribution in [0.25, 0.3) is 0 Å². The molecule has 0 saturated carbocycles. The molecule has 0 aliphatic rings. The Bertz CT molecular complexity index is 776. The second-order valence-electron chi connectivity index (χ2n) is 6.30. The van der Waals surface area contributed by atoms with Gasteiger partial charge in [-0.05, 0) is 35.7 Å². The largest absolute Gasteiger partial charge is 0.497 e. The van der Waals surface area contributed by atoms with Gasteiger partial charge < -0.3 is 19.1 Å². The number of aryl methyl sites for hydroxylation is 1. The van der Waals surface area contributed by atoms with Crippen molar-refractivity contribution in [1.82, 2.24) is 4.90 Å². The molecule has 1 amide bonds. The van der Waals surface area contributed by atoms with Crippen LogP contribution >= 0.6 is 0 Å². The summed E-state index contributed by atoms with van der Waals surface area (Å²) in [7, 11) is 4.55. The maximum atomic E-state index is 12.9. The zero-order valence-corrected chi connectivity index (χ0v) is 16.6. The van der Waals surface area contributed by atoms with Gasteiger partial charge in [-0.2, -0.15) is 0 Å². The fourth-order valence-electron chi connectivity index (χ4n) is 2.90. The number of amides is 1. The van der Waals surface area contributed by atoms with Crippen LogP contribution in [0.1, 0.15) is 24.0 Å². The van der Waals surface area contributed by atoms with Crippen molar-refractivity contribution in [2.24, 2.45) is 0 Å². The van der Waals surface area contributed by atoms with E-state index in [-0.39, 0.29) is 18.3 Å². The van der Waals surface area contributed by atoms with Crippen molar-refractivity contribution in [2.75, 3.05) is 27.9 Å². The molecule has 6 heteroatoms. The Morgan fingerprint density at radius 1 is 0.929 bits per heavy atom. The van der Waals surface area contributed by atoms with E-state index in [0.717, 1.165) is 22.6 Å². The lowest BCUT2D eigenvalue weighted by molar-refractivity contribution is -0.141. The Hall–Kier alpha value is -3.02. The van der Waals surface area contributed by atoms with Gasteiger partial charge in [0.15, 0.2) is 0 Å². The van der Waals surface area contributed by atoms with E-state index in [0.29, 0.717) is 25.9 Å². The predicted molar refractivity (Wildman–Crippen MR) is 106 cm³/mol. The number of esters is 1. The van der Waals surface area contributed by atoms with Gasteiger partial charge in [0.25, 0.3) is 0 Å². The molecule has 6 nitrogen and oxygen atoms in total. The average Bonchev–Trinajstić information content (AvgIpc) is 2.74. The van der Waals surface area contributed by atoms with Gasteiger partial charge in [0.1, 0.15) is 11.5 Å². The highest BCUT2D eigenvalue weighted by atomic mass is 16.5. The highest BCUT2D eigenvalue weighted by Gasteiger charge is 2.17. The van der Waals surface area contributed by atoms with Crippen molar-refractivity contribution < 1.29 is 23.8 Å². The molecular weight excluding hydrogens is 358 g/mol. The van der Waals surface area contributed by atoms with Crippen LogP contribution in [0.2, 0.25) is 0 Å². The molecule has 0 unspecified atom stereocenters. The first-order chi connectivity index (χ1) is 13.6. The van der Waals surface area contributed by atoms with E-state index in [1.807, 2.05) is 48.5 Å². The Morgan fingerprint density at radius 3 is 2.32 bits per heavy atom. The molecule has 0 aliphatic heterocycles. The fourth-order valence-corrected chi connectivity index (χ4v) is 2.90. The first kappa shape index (κ1) is 21.3. The van der Waals surface area contributed by atoms with Gasteiger partial charge in [-0.15, -0.1) is 0 Å². The van der Waals surface area contributed by atoms with Gasteiger partial charge >= 0.3 is 5.97 Å². The summed E-state index contributed by atoms with van der Waals surface area (Å²) < 4.78 is 15.4. The zero-order valence-electron chi connectivity index (χ0n) is 16.6. The number of carbonyl (C=O) groups is 2. The van der Waals surface area contributed by atoms with Crippen LogP contribution in [-0.4, -0.2) is 44.7 Å². The molecule has 0 heterocycles. The van der Waals surface area contributed by atoms with Crippen molar-refractivity contribution in [3.05, 3.63) is 59.7 Å². The summed E-state index contributed by atoms with van der Waals surface area (Å²) in [5.41, 5.74) is 1.92. The highest BCUT2D eigenvalue weighted by molar-refractivity contribution is 5.77. The lowest BCUT2D eigenvalue weighted by Gasteiger charge is -2.23. The number of ether oxygens (including phenoxy) is 3. The summed E-state index contributed by atoms with van der Waals surface area (Å²) in [4.78, 5) is 26.1. The van der Waals surface area contributed by atoms with Gasteiger partial charge in [-0.25, -0.2) is 0 Å². The van der Waals surface area contributed by atoms with Crippen LogP contribution in [0, 0.1) is 0 Å². The molecular formula is C22H27NO5. The Labute approximate surface area is 166 Å². The summed E-state index contributed by atoms with van der Waals surface area (Å²) in [6.45, 7) is 0.765. The molecule has 0 atom stereocenters. The Morgan fingerprint density at radius 2 is 1.68 bits per heavy atom. The predicted octanol–water partition coefficient (Wildman–Crippen LogP) is 3.23. The highest BCUT2D eigenvalue weighted by Crippen LogP contribution is 2.25. The van der Waals surface area contributed by atoms with Crippen molar-refractivity contribution >= 4 is 11.9 Å². The van der Waals surface area contributed by atoms with Gasteiger partial charge in [0.2, 0.25) is 5.91 Å². The second-order valence-corrected chi connectivity index (χ2v) is 6.30. The molecule has 0 saturated heterocycles. The summed E-state index contributed by atoms with van der Waals surface area (Å²) in [5.74, 6) is 1.07. The van der Waals surface area contributed by atoms with Gasteiger partial charge in [0.05, 0.1) is 27.8 Å². The van der Waals surface area contributed by atoms with Crippen LogP contribution in [0.4, 0.5) is 0 Å². The number of nitrogens with zero attached hydrogens (tertiary/aromatic N) is 1. The summed E-state index contributed by atoms with van der Waals surface area (Å²) >= 11 is 0. The summed E-state index contributed by atoms with van der Waals surface area (Å²) in [6.07, 6.45) is 0.984. The second kappa shape index (κ2) is 11.0. The first-order valence-corrected chi connectivity index (χ1v) is 9.16. The standard InChI is InChI=1S/C22H27NO5/c1-26-19-10-11-20(27-2)18(15-19)9-12-21(24)23(14-13-22(25)28-3)16-17-7-5-4-6-8-17/h4-8,10-11,15H,9,12-14,16H2,1-3H3. The van der Waals surface area contributed by atoms with E-state index >= 15 is 0 Å². The minimum Gasteiger partial charge on any atom is -0.497 e. The summed E-state index contributed by atoms with van der Waals surface area (Å²) in [6, 6.07) is 15.2. The smallest absolute Gasteiger partial charge is 0.307 e. The third-order valence-electron chi connectivity index (χ3n) is 4.48. The van der Waals surface area contributed by atoms with E-state index in [2.05, 4.69) is 0 Å². The number of methoxy groups -OCH3 is 3. The molecule has 0 bridgehead atoms. The van der Waals surface area contributed by atoms with E-state index in [4.69, 9.17) is 14.2 Å². The van der Waals surface area contributed by atoms with Crippen molar-refractivity contribution in [3.63, 3.8) is 0 Å². The van der Waals surface area contributed by atoms with Crippen molar-refractivity contribution in [3.8, 4) is 11.5 Å². The van der Waals surface area contributed by atoms with Crippen LogP contribution in [0.15, 0.2) is 48.5 Å². The quantitative estimate of drug-likeness (QED) is 0.588. The third kappa shape index (κ3) is 6.30. The minimum absolute atomic E-state index is 0.0300. The Kier molecular flexibility index (Phi) is 8.34. The van der Waals surface area contributed by atoms with Crippen LogP contribution in [0.3, 0.4) is 0 Å².